The minimum Gasteiger partial charge on any atom is -0.488 e. The Morgan fingerprint density at radius 2 is 1.90 bits per heavy atom. The molecule has 2 N–H and O–H groups in total. The first-order valence-electron chi connectivity index (χ1n) is 14.5. The summed E-state index contributed by atoms with van der Waals surface area (Å²) in [6.07, 6.45) is 9.77. The number of hydrogen-bond acceptors (Lipinski definition) is 6. The molecule has 0 spiro atoms. The maximum absolute atomic E-state index is 13.4. The van der Waals surface area contributed by atoms with Gasteiger partial charge in [0.1, 0.15) is 11.9 Å². The van der Waals surface area contributed by atoms with Gasteiger partial charge in [0.05, 0.1) is 13.0 Å². The fourth-order valence-electron chi connectivity index (χ4n) is 5.62. The van der Waals surface area contributed by atoms with E-state index in [-0.39, 0.29) is 36.3 Å². The Labute approximate surface area is 233 Å². The number of rotatable bonds is 9. The maximum atomic E-state index is 13.4. The van der Waals surface area contributed by atoms with Crippen LogP contribution in [0.15, 0.2) is 42.7 Å². The number of carbonyl (C=O) groups excluding carboxylic acids is 2. The second-order valence-corrected chi connectivity index (χ2v) is 11.6. The number of likely N-dealkylation sites (N-methyl/N-ethyl adjacent to an activating group) is 1. The molecule has 0 saturated heterocycles. The van der Waals surface area contributed by atoms with Gasteiger partial charge in [-0.3, -0.25) is 19.5 Å². The van der Waals surface area contributed by atoms with Crippen LogP contribution in [0.5, 0.6) is 5.75 Å². The van der Waals surface area contributed by atoms with Gasteiger partial charge >= 0.3 is 0 Å². The zero-order valence-electron chi connectivity index (χ0n) is 24.0. The summed E-state index contributed by atoms with van der Waals surface area (Å²) in [4.78, 5) is 34.4. The van der Waals surface area contributed by atoms with Crippen LogP contribution in [0, 0.1) is 5.92 Å². The lowest BCUT2D eigenvalue weighted by Crippen LogP contribution is -2.45. The number of benzene rings is 1. The third-order valence-electron chi connectivity index (χ3n) is 7.88. The Morgan fingerprint density at radius 3 is 2.62 bits per heavy atom. The lowest BCUT2D eigenvalue weighted by molar-refractivity contribution is -0.133. The van der Waals surface area contributed by atoms with E-state index in [0.717, 1.165) is 24.9 Å². The molecular weight excluding hydrogens is 490 g/mol. The van der Waals surface area contributed by atoms with Crippen LogP contribution in [0.2, 0.25) is 0 Å². The summed E-state index contributed by atoms with van der Waals surface area (Å²) in [6, 6.07) is 10.2. The highest BCUT2D eigenvalue weighted by molar-refractivity contribution is 5.92. The quantitative estimate of drug-likeness (QED) is 0.499. The molecule has 0 bridgehead atoms. The number of fused-ring (bicyclic) bond motifs is 1. The Kier molecular flexibility index (Phi) is 10.3. The van der Waals surface area contributed by atoms with Gasteiger partial charge in [0.25, 0.3) is 0 Å². The minimum absolute atomic E-state index is 0.0659. The number of carbonyl (C=O) groups is 2. The van der Waals surface area contributed by atoms with E-state index in [1.807, 2.05) is 47.6 Å². The van der Waals surface area contributed by atoms with Crippen LogP contribution in [-0.2, 0) is 22.6 Å². The fourth-order valence-corrected chi connectivity index (χ4v) is 5.62. The molecule has 0 unspecified atom stereocenters. The second-order valence-electron chi connectivity index (χ2n) is 11.6. The summed E-state index contributed by atoms with van der Waals surface area (Å²) in [5, 5.41) is 6.41. The van der Waals surface area contributed by atoms with E-state index in [1.165, 1.54) is 24.8 Å². The lowest BCUT2D eigenvalue weighted by atomic mass is 9.95. The molecule has 8 heteroatoms. The topological polar surface area (TPSA) is 86.8 Å². The van der Waals surface area contributed by atoms with Crippen molar-refractivity contribution in [3.05, 3.63) is 53.9 Å². The van der Waals surface area contributed by atoms with Crippen molar-refractivity contribution in [3.63, 3.8) is 0 Å². The first kappa shape index (κ1) is 29.0. The van der Waals surface area contributed by atoms with Crippen molar-refractivity contribution in [3.8, 4) is 5.75 Å². The first-order valence-corrected chi connectivity index (χ1v) is 14.5. The van der Waals surface area contributed by atoms with Gasteiger partial charge in [-0.15, -0.1) is 0 Å². The highest BCUT2D eigenvalue weighted by atomic mass is 16.5. The average Bonchev–Trinajstić information content (AvgIpc) is 2.96. The molecule has 1 fully saturated rings. The zero-order chi connectivity index (χ0) is 27.8. The molecule has 1 aromatic heterocycles. The number of anilines is 1. The van der Waals surface area contributed by atoms with Crippen LogP contribution in [0.4, 0.5) is 5.69 Å². The van der Waals surface area contributed by atoms with Crippen molar-refractivity contribution in [1.82, 2.24) is 20.1 Å². The minimum atomic E-state index is -0.108. The zero-order valence-corrected chi connectivity index (χ0v) is 24.0. The van der Waals surface area contributed by atoms with Gasteiger partial charge in [-0.05, 0) is 69.6 Å². The maximum Gasteiger partial charge on any atom is 0.238 e. The Morgan fingerprint density at radius 1 is 1.15 bits per heavy atom. The molecule has 39 heavy (non-hydrogen) atoms. The number of nitrogens with zero attached hydrogens (tertiary/aromatic N) is 3. The summed E-state index contributed by atoms with van der Waals surface area (Å²) in [5.41, 5.74) is 2.69. The molecule has 2 heterocycles. The van der Waals surface area contributed by atoms with E-state index in [0.29, 0.717) is 37.1 Å². The highest BCUT2D eigenvalue weighted by Gasteiger charge is 2.30. The van der Waals surface area contributed by atoms with Crippen molar-refractivity contribution in [2.45, 2.75) is 84.0 Å². The van der Waals surface area contributed by atoms with E-state index in [9.17, 15) is 9.59 Å². The second kappa shape index (κ2) is 13.9. The van der Waals surface area contributed by atoms with Crippen molar-refractivity contribution in [1.29, 1.82) is 0 Å². The SMILES string of the molecule is CC(C)N1C[C@@H](C)[C@H](CN(C)Cc2ccncc2)Oc2ccc(NC(=O)CNC3CCCCC3)cc2CC1=O. The van der Waals surface area contributed by atoms with Crippen LogP contribution in [0.25, 0.3) is 0 Å². The summed E-state index contributed by atoms with van der Waals surface area (Å²) >= 11 is 0. The number of ether oxygens (including phenoxy) is 1. The number of pyridine rings is 1. The molecule has 212 valence electrons. The Bertz CT molecular complexity index is 1090. The van der Waals surface area contributed by atoms with Crippen molar-refractivity contribution in [2.75, 3.05) is 32.0 Å². The van der Waals surface area contributed by atoms with Gasteiger partial charge in [-0.2, -0.15) is 0 Å². The van der Waals surface area contributed by atoms with Gasteiger partial charge in [-0.25, -0.2) is 0 Å². The molecule has 8 nitrogen and oxygen atoms in total. The number of hydrogen-bond donors (Lipinski definition) is 2. The predicted octanol–water partition coefficient (Wildman–Crippen LogP) is 4.25. The van der Waals surface area contributed by atoms with Gasteiger partial charge in [0, 0.05) is 61.3 Å². The van der Waals surface area contributed by atoms with Crippen molar-refractivity contribution < 1.29 is 14.3 Å². The standard InChI is InChI=1S/C31H45N5O3/c1-22(2)36-19-23(3)29(21-35(4)20-24-12-14-32-15-13-24)39-28-11-10-27(16-25(28)17-31(36)38)34-30(37)18-33-26-8-6-5-7-9-26/h10-16,22-23,26,29,33H,5-9,17-21H2,1-4H3,(H,34,37)/t23-,29+/m1/s1. The molecule has 2 atom stereocenters. The van der Waals surface area contributed by atoms with E-state index in [4.69, 9.17) is 4.74 Å². The summed E-state index contributed by atoms with van der Waals surface area (Å²) < 4.78 is 6.64. The van der Waals surface area contributed by atoms with E-state index < -0.39 is 0 Å². The first-order chi connectivity index (χ1) is 18.8. The van der Waals surface area contributed by atoms with Crippen molar-refractivity contribution in [2.24, 2.45) is 5.92 Å². The van der Waals surface area contributed by atoms with E-state index in [1.54, 1.807) is 0 Å². The highest BCUT2D eigenvalue weighted by Crippen LogP contribution is 2.29. The van der Waals surface area contributed by atoms with Gasteiger partial charge in [-0.1, -0.05) is 26.2 Å². The summed E-state index contributed by atoms with van der Waals surface area (Å²) in [6.45, 7) is 8.71. The van der Waals surface area contributed by atoms with E-state index >= 15 is 0 Å². The van der Waals surface area contributed by atoms with Crippen LogP contribution in [-0.4, -0.2) is 71.5 Å². The largest absolute Gasteiger partial charge is 0.488 e. The molecular formula is C31H45N5O3. The normalized spacial score (nSPS) is 20.7. The smallest absolute Gasteiger partial charge is 0.238 e. The van der Waals surface area contributed by atoms with Gasteiger partial charge in [0.15, 0.2) is 0 Å². The average molecular weight is 536 g/mol. The van der Waals surface area contributed by atoms with Crippen LogP contribution in [0.1, 0.15) is 64.0 Å². The third kappa shape index (κ3) is 8.51. The summed E-state index contributed by atoms with van der Waals surface area (Å²) in [7, 11) is 2.09. The fraction of sp³-hybridized carbons (Fsp3) is 0.581. The molecule has 4 rings (SSSR count). The molecule has 1 aromatic carbocycles. The molecule has 2 amide bonds. The summed E-state index contributed by atoms with van der Waals surface area (Å²) in [5.74, 6) is 0.854. The van der Waals surface area contributed by atoms with Crippen LogP contribution < -0.4 is 15.4 Å². The van der Waals surface area contributed by atoms with Crippen LogP contribution >= 0.6 is 0 Å². The van der Waals surface area contributed by atoms with Gasteiger partial charge < -0.3 is 20.3 Å². The number of nitrogens with one attached hydrogen (secondary N) is 2. The van der Waals surface area contributed by atoms with Crippen LogP contribution in [0.3, 0.4) is 0 Å². The molecule has 1 aliphatic carbocycles. The van der Waals surface area contributed by atoms with E-state index in [2.05, 4.69) is 48.3 Å². The third-order valence-corrected chi connectivity index (χ3v) is 7.88. The molecule has 1 saturated carbocycles. The number of amides is 2. The molecule has 2 aromatic rings. The van der Waals surface area contributed by atoms with Gasteiger partial charge in [0.2, 0.25) is 11.8 Å². The lowest BCUT2D eigenvalue weighted by Gasteiger charge is -2.33. The Balaban J connectivity index is 1.48. The monoisotopic (exact) mass is 535 g/mol. The Hall–Kier alpha value is -2.97. The molecule has 2 aliphatic rings. The molecule has 1 aliphatic heterocycles. The predicted molar refractivity (Wildman–Crippen MR) is 155 cm³/mol. The molecule has 0 radical (unpaired) electrons. The van der Waals surface area contributed by atoms with Crippen molar-refractivity contribution >= 4 is 17.5 Å². The number of aromatic nitrogens is 1.